The summed E-state index contributed by atoms with van der Waals surface area (Å²) in [5.74, 6) is 0.144. The quantitative estimate of drug-likeness (QED) is 0.543. The number of aryl methyl sites for hydroxylation is 1. The Kier molecular flexibility index (Phi) is 6.42. The van der Waals surface area contributed by atoms with Crippen LogP contribution >= 0.6 is 23.4 Å². The van der Waals surface area contributed by atoms with Crippen molar-refractivity contribution in [2.75, 3.05) is 18.7 Å². The number of benzene rings is 2. The van der Waals surface area contributed by atoms with Gasteiger partial charge in [0.05, 0.1) is 29.6 Å². The molecule has 5 nitrogen and oxygen atoms in total. The molecule has 146 valence electrons. The van der Waals surface area contributed by atoms with Gasteiger partial charge < -0.3 is 10.1 Å². The Balaban J connectivity index is 2.24. The van der Waals surface area contributed by atoms with Crippen LogP contribution in [-0.4, -0.2) is 24.3 Å². The zero-order valence-electron chi connectivity index (χ0n) is 16.1. The van der Waals surface area contributed by atoms with E-state index in [0.717, 1.165) is 0 Å². The van der Waals surface area contributed by atoms with Gasteiger partial charge in [0.15, 0.2) is 0 Å². The molecule has 1 N–H and O–H groups in total. The normalized spacial score (nSPS) is 10.3. The monoisotopic (exact) mass is 423 g/mol. The number of para-hydroxylation sites is 2. The van der Waals surface area contributed by atoms with Crippen LogP contribution in [0.4, 0.5) is 5.69 Å². The SMILES string of the molecule is COc1ccccc1NC(=O)c1c(C)nc(SC)c(C#N)c1-c1ccccc1Cl. The molecular formula is C22H18ClN3O2S. The molecule has 0 aliphatic heterocycles. The van der Waals surface area contributed by atoms with Gasteiger partial charge in [-0.2, -0.15) is 5.26 Å². The largest absolute Gasteiger partial charge is 0.495 e. The van der Waals surface area contributed by atoms with Crippen LogP contribution < -0.4 is 10.1 Å². The summed E-state index contributed by atoms with van der Waals surface area (Å²) in [6, 6.07) is 16.5. The third-order valence-electron chi connectivity index (χ3n) is 4.38. The van der Waals surface area contributed by atoms with Crippen LogP contribution in [0, 0.1) is 18.3 Å². The molecule has 7 heteroatoms. The van der Waals surface area contributed by atoms with Crippen molar-refractivity contribution in [3.63, 3.8) is 0 Å². The predicted octanol–water partition coefficient (Wildman–Crippen LogP) is 5.56. The number of nitriles is 1. The second-order valence-corrected chi connectivity index (χ2v) is 7.28. The van der Waals surface area contributed by atoms with E-state index in [4.69, 9.17) is 16.3 Å². The van der Waals surface area contributed by atoms with Crippen LogP contribution in [0.5, 0.6) is 5.75 Å². The molecule has 0 unspecified atom stereocenters. The molecule has 1 amide bonds. The fraction of sp³-hybridized carbons (Fsp3) is 0.136. The summed E-state index contributed by atoms with van der Waals surface area (Å²) in [6.45, 7) is 1.75. The van der Waals surface area contributed by atoms with Crippen LogP contribution in [0.25, 0.3) is 11.1 Å². The topological polar surface area (TPSA) is 75.0 Å². The molecule has 0 saturated carbocycles. The van der Waals surface area contributed by atoms with E-state index in [9.17, 15) is 10.1 Å². The molecule has 29 heavy (non-hydrogen) atoms. The maximum absolute atomic E-state index is 13.3. The fourth-order valence-electron chi connectivity index (χ4n) is 3.07. The van der Waals surface area contributed by atoms with Crippen LogP contribution in [0.1, 0.15) is 21.6 Å². The van der Waals surface area contributed by atoms with E-state index in [1.165, 1.54) is 18.9 Å². The first kappa shape index (κ1) is 20.7. The first-order chi connectivity index (χ1) is 14.0. The highest BCUT2D eigenvalue weighted by molar-refractivity contribution is 7.98. The first-order valence-electron chi connectivity index (χ1n) is 8.69. The molecule has 0 spiro atoms. The molecule has 0 aliphatic carbocycles. The highest BCUT2D eigenvalue weighted by Crippen LogP contribution is 2.38. The molecular weight excluding hydrogens is 406 g/mol. The molecule has 0 radical (unpaired) electrons. The number of halogens is 1. The summed E-state index contributed by atoms with van der Waals surface area (Å²) in [5.41, 5.74) is 2.74. The summed E-state index contributed by atoms with van der Waals surface area (Å²) in [4.78, 5) is 17.8. The van der Waals surface area contributed by atoms with E-state index >= 15 is 0 Å². The van der Waals surface area contributed by atoms with E-state index in [1.54, 1.807) is 43.3 Å². The molecule has 3 rings (SSSR count). The van der Waals surface area contributed by atoms with Crippen LogP contribution in [0.3, 0.4) is 0 Å². The molecule has 0 atom stereocenters. The second-order valence-electron chi connectivity index (χ2n) is 6.08. The lowest BCUT2D eigenvalue weighted by Crippen LogP contribution is -2.17. The summed E-state index contributed by atoms with van der Waals surface area (Å²) in [6.07, 6.45) is 1.84. The van der Waals surface area contributed by atoms with Gasteiger partial charge in [0, 0.05) is 16.1 Å². The average molecular weight is 424 g/mol. The van der Waals surface area contributed by atoms with Crippen molar-refractivity contribution in [1.82, 2.24) is 4.98 Å². The van der Waals surface area contributed by atoms with Gasteiger partial charge in [-0.25, -0.2) is 4.98 Å². The molecule has 0 bridgehead atoms. The van der Waals surface area contributed by atoms with Crippen molar-refractivity contribution >= 4 is 35.0 Å². The highest BCUT2D eigenvalue weighted by Gasteiger charge is 2.25. The number of carbonyl (C=O) groups excluding carboxylic acids is 1. The van der Waals surface area contributed by atoms with Gasteiger partial charge in [-0.15, -0.1) is 11.8 Å². The lowest BCUT2D eigenvalue weighted by Gasteiger charge is -2.18. The lowest BCUT2D eigenvalue weighted by atomic mass is 9.94. The fourth-order valence-corrected chi connectivity index (χ4v) is 3.88. The molecule has 3 aromatic rings. The van der Waals surface area contributed by atoms with Gasteiger partial charge in [-0.05, 0) is 31.4 Å². The number of rotatable bonds is 5. The first-order valence-corrected chi connectivity index (χ1v) is 10.3. The molecule has 0 fully saturated rings. The number of methoxy groups -OCH3 is 1. The van der Waals surface area contributed by atoms with E-state index < -0.39 is 5.91 Å². The number of carbonyl (C=O) groups is 1. The maximum Gasteiger partial charge on any atom is 0.258 e. The Bertz CT molecular complexity index is 1130. The van der Waals surface area contributed by atoms with Crippen molar-refractivity contribution in [1.29, 1.82) is 5.26 Å². The average Bonchev–Trinajstić information content (AvgIpc) is 2.73. The minimum absolute atomic E-state index is 0.304. The number of amides is 1. The zero-order valence-corrected chi connectivity index (χ0v) is 17.7. The molecule has 1 heterocycles. The Morgan fingerprint density at radius 2 is 1.90 bits per heavy atom. The van der Waals surface area contributed by atoms with Gasteiger partial charge >= 0.3 is 0 Å². The number of ether oxygens (including phenoxy) is 1. The van der Waals surface area contributed by atoms with Gasteiger partial charge in [0.1, 0.15) is 16.8 Å². The van der Waals surface area contributed by atoms with E-state index in [1.807, 2.05) is 18.4 Å². The number of nitrogens with one attached hydrogen (secondary N) is 1. The number of anilines is 1. The summed E-state index contributed by atoms with van der Waals surface area (Å²) in [5, 5.41) is 13.7. The summed E-state index contributed by atoms with van der Waals surface area (Å²) < 4.78 is 5.32. The third-order valence-corrected chi connectivity index (χ3v) is 5.39. The van der Waals surface area contributed by atoms with Crippen molar-refractivity contribution in [2.24, 2.45) is 0 Å². The summed E-state index contributed by atoms with van der Waals surface area (Å²) in [7, 11) is 1.54. The van der Waals surface area contributed by atoms with E-state index in [0.29, 0.717) is 49.4 Å². The predicted molar refractivity (Wildman–Crippen MR) is 117 cm³/mol. The highest BCUT2D eigenvalue weighted by atomic mass is 35.5. The standard InChI is InChI=1S/C22H18ClN3O2S/c1-13-19(21(27)26-17-10-6-7-11-18(17)28-2)20(14-8-4-5-9-16(14)23)15(12-24)22(25-13)29-3/h4-11H,1-3H3,(H,26,27). The molecule has 0 aliphatic rings. The maximum atomic E-state index is 13.3. The number of nitrogens with zero attached hydrogens (tertiary/aromatic N) is 2. The Hall–Kier alpha value is -3.01. The lowest BCUT2D eigenvalue weighted by molar-refractivity contribution is 0.102. The van der Waals surface area contributed by atoms with Crippen molar-refractivity contribution in [2.45, 2.75) is 11.9 Å². The minimum Gasteiger partial charge on any atom is -0.495 e. The third kappa shape index (κ3) is 4.07. The Morgan fingerprint density at radius 3 is 2.55 bits per heavy atom. The number of hydrogen-bond acceptors (Lipinski definition) is 5. The van der Waals surface area contributed by atoms with E-state index in [2.05, 4.69) is 16.4 Å². The van der Waals surface area contributed by atoms with Gasteiger partial charge in [-0.1, -0.05) is 41.9 Å². The van der Waals surface area contributed by atoms with Crippen molar-refractivity contribution in [3.05, 3.63) is 70.4 Å². The van der Waals surface area contributed by atoms with Crippen molar-refractivity contribution in [3.8, 4) is 22.9 Å². The second kappa shape index (κ2) is 8.99. The van der Waals surface area contributed by atoms with E-state index in [-0.39, 0.29) is 0 Å². The van der Waals surface area contributed by atoms with Crippen molar-refractivity contribution < 1.29 is 9.53 Å². The van der Waals surface area contributed by atoms with Gasteiger partial charge in [0.25, 0.3) is 5.91 Å². The number of hydrogen-bond donors (Lipinski definition) is 1. The van der Waals surface area contributed by atoms with Gasteiger partial charge in [0.2, 0.25) is 0 Å². The van der Waals surface area contributed by atoms with Crippen LogP contribution in [0.15, 0.2) is 53.6 Å². The Labute approximate surface area is 178 Å². The molecule has 0 saturated heterocycles. The number of aromatic nitrogens is 1. The van der Waals surface area contributed by atoms with Gasteiger partial charge in [-0.3, -0.25) is 4.79 Å². The smallest absolute Gasteiger partial charge is 0.258 e. The minimum atomic E-state index is -0.390. The Morgan fingerprint density at radius 1 is 1.21 bits per heavy atom. The molecule has 1 aromatic heterocycles. The zero-order chi connectivity index (χ0) is 21.0. The summed E-state index contributed by atoms with van der Waals surface area (Å²) >= 11 is 7.78. The number of pyridine rings is 1. The van der Waals surface area contributed by atoms with Crippen LogP contribution in [-0.2, 0) is 0 Å². The number of thioether (sulfide) groups is 1. The van der Waals surface area contributed by atoms with Crippen LogP contribution in [0.2, 0.25) is 5.02 Å². The molecule has 2 aromatic carbocycles.